The van der Waals surface area contributed by atoms with Crippen molar-refractivity contribution in [2.75, 3.05) is 11.4 Å². The summed E-state index contributed by atoms with van der Waals surface area (Å²) >= 11 is 0. The van der Waals surface area contributed by atoms with E-state index in [1.54, 1.807) is 11.1 Å². The lowest BCUT2D eigenvalue weighted by Crippen LogP contribution is -2.35. The molecule has 13 heavy (non-hydrogen) atoms. The minimum atomic E-state index is 0.211. The molecule has 0 spiro atoms. The number of rotatable bonds is 1. The molecule has 2 heterocycles. The van der Waals surface area contributed by atoms with Gasteiger partial charge in [0.05, 0.1) is 11.4 Å². The van der Waals surface area contributed by atoms with Crippen LogP contribution in [0.15, 0.2) is 18.3 Å². The highest BCUT2D eigenvalue weighted by Gasteiger charge is 2.22. The van der Waals surface area contributed by atoms with Gasteiger partial charge in [-0.25, -0.2) is 0 Å². The number of hydrogen-bond acceptors (Lipinski definition) is 2. The third-order valence-corrected chi connectivity index (χ3v) is 2.35. The molecule has 2 rings (SSSR count). The van der Waals surface area contributed by atoms with Gasteiger partial charge in [0.1, 0.15) is 0 Å². The van der Waals surface area contributed by atoms with Crippen LogP contribution in [0.4, 0.5) is 5.69 Å². The Kier molecular flexibility index (Phi) is 2.00. The maximum atomic E-state index is 11.5. The number of nitrogens with zero attached hydrogens (tertiary/aromatic N) is 2. The van der Waals surface area contributed by atoms with E-state index in [0.29, 0.717) is 6.42 Å². The van der Waals surface area contributed by atoms with Gasteiger partial charge in [-0.2, -0.15) is 0 Å². The number of amides is 1. The predicted octanol–water partition coefficient (Wildman–Crippen LogP) is 1.38. The number of aromatic nitrogens is 1. The van der Waals surface area contributed by atoms with Gasteiger partial charge in [-0.3, -0.25) is 9.78 Å². The Bertz CT molecular complexity index is 335. The summed E-state index contributed by atoms with van der Waals surface area (Å²) in [6, 6.07) is 3.84. The second-order valence-electron chi connectivity index (χ2n) is 3.11. The van der Waals surface area contributed by atoms with Crippen LogP contribution in [0.5, 0.6) is 0 Å². The van der Waals surface area contributed by atoms with Crippen LogP contribution in [0.25, 0.3) is 0 Å². The van der Waals surface area contributed by atoms with Crippen LogP contribution in [0.3, 0.4) is 0 Å². The van der Waals surface area contributed by atoms with E-state index in [1.165, 1.54) is 0 Å². The molecule has 1 aliphatic heterocycles. The third-order valence-electron chi connectivity index (χ3n) is 2.35. The number of pyridine rings is 1. The van der Waals surface area contributed by atoms with E-state index in [0.717, 1.165) is 24.3 Å². The van der Waals surface area contributed by atoms with Crippen molar-refractivity contribution in [3.05, 3.63) is 24.0 Å². The fourth-order valence-corrected chi connectivity index (χ4v) is 1.71. The fourth-order valence-electron chi connectivity index (χ4n) is 1.71. The molecule has 0 unspecified atom stereocenters. The highest BCUT2D eigenvalue weighted by atomic mass is 16.2. The standard InChI is InChI=1S/C10H12N2O/c1-2-12-9-4-3-7-11-8(9)5-6-10(12)13/h3-4,7H,2,5-6H2,1H3. The van der Waals surface area contributed by atoms with Crippen LogP contribution < -0.4 is 4.90 Å². The summed E-state index contributed by atoms with van der Waals surface area (Å²) in [6.07, 6.45) is 3.16. The van der Waals surface area contributed by atoms with Crippen LogP contribution in [0.1, 0.15) is 19.0 Å². The summed E-state index contributed by atoms with van der Waals surface area (Å²) in [7, 11) is 0. The molecule has 0 bridgehead atoms. The molecule has 1 aliphatic rings. The highest BCUT2D eigenvalue weighted by molar-refractivity contribution is 5.95. The number of hydrogen-bond donors (Lipinski definition) is 0. The molecule has 0 saturated carbocycles. The normalized spacial score (nSPS) is 15.8. The topological polar surface area (TPSA) is 33.2 Å². The van der Waals surface area contributed by atoms with Crippen LogP contribution >= 0.6 is 0 Å². The lowest BCUT2D eigenvalue weighted by molar-refractivity contribution is -0.118. The number of anilines is 1. The van der Waals surface area contributed by atoms with Crippen LogP contribution in [0, 0.1) is 0 Å². The van der Waals surface area contributed by atoms with Gasteiger partial charge in [-0.1, -0.05) is 0 Å². The molecule has 3 nitrogen and oxygen atoms in total. The SMILES string of the molecule is CCN1C(=O)CCc2ncccc21. The summed E-state index contributed by atoms with van der Waals surface area (Å²) in [5.74, 6) is 0.211. The largest absolute Gasteiger partial charge is 0.311 e. The zero-order valence-corrected chi connectivity index (χ0v) is 7.66. The molecule has 0 N–H and O–H groups in total. The molecule has 0 radical (unpaired) electrons. The van der Waals surface area contributed by atoms with Gasteiger partial charge in [0.2, 0.25) is 5.91 Å². The first-order valence-corrected chi connectivity index (χ1v) is 4.57. The third kappa shape index (κ3) is 1.30. The highest BCUT2D eigenvalue weighted by Crippen LogP contribution is 2.24. The molecule has 3 heteroatoms. The van der Waals surface area contributed by atoms with E-state index >= 15 is 0 Å². The van der Waals surface area contributed by atoms with Gasteiger partial charge >= 0.3 is 0 Å². The number of carbonyl (C=O) groups excluding carboxylic acids is 1. The van der Waals surface area contributed by atoms with Crippen molar-refractivity contribution in [2.24, 2.45) is 0 Å². The lowest BCUT2D eigenvalue weighted by atomic mass is 10.1. The summed E-state index contributed by atoms with van der Waals surface area (Å²) < 4.78 is 0. The van der Waals surface area contributed by atoms with E-state index in [-0.39, 0.29) is 5.91 Å². The predicted molar refractivity (Wildman–Crippen MR) is 50.6 cm³/mol. The van der Waals surface area contributed by atoms with Crippen molar-refractivity contribution >= 4 is 11.6 Å². The van der Waals surface area contributed by atoms with Gasteiger partial charge in [-0.05, 0) is 19.1 Å². The molecule has 1 amide bonds. The first-order chi connectivity index (χ1) is 6.33. The van der Waals surface area contributed by atoms with Gasteiger partial charge < -0.3 is 4.90 Å². The number of aryl methyl sites for hydroxylation is 1. The van der Waals surface area contributed by atoms with E-state index in [4.69, 9.17) is 0 Å². The molecule has 0 atom stereocenters. The smallest absolute Gasteiger partial charge is 0.227 e. The summed E-state index contributed by atoms with van der Waals surface area (Å²) in [5, 5.41) is 0. The summed E-state index contributed by atoms with van der Waals surface area (Å²) in [4.78, 5) is 17.5. The van der Waals surface area contributed by atoms with Crippen LogP contribution in [0.2, 0.25) is 0 Å². The van der Waals surface area contributed by atoms with E-state index < -0.39 is 0 Å². The van der Waals surface area contributed by atoms with Gasteiger partial charge in [0, 0.05) is 25.6 Å². The fraction of sp³-hybridized carbons (Fsp3) is 0.400. The van der Waals surface area contributed by atoms with Crippen LogP contribution in [-0.2, 0) is 11.2 Å². The maximum absolute atomic E-state index is 11.5. The zero-order chi connectivity index (χ0) is 9.26. The number of carbonyl (C=O) groups is 1. The summed E-state index contributed by atoms with van der Waals surface area (Å²) in [5.41, 5.74) is 2.03. The van der Waals surface area contributed by atoms with E-state index in [9.17, 15) is 4.79 Å². The molecule has 0 fully saturated rings. The Balaban J connectivity index is 2.45. The average Bonchev–Trinajstić information content (AvgIpc) is 2.18. The Morgan fingerprint density at radius 3 is 3.15 bits per heavy atom. The molecule has 1 aromatic heterocycles. The maximum Gasteiger partial charge on any atom is 0.227 e. The van der Waals surface area contributed by atoms with Crippen molar-refractivity contribution in [1.82, 2.24) is 4.98 Å². The Morgan fingerprint density at radius 2 is 2.38 bits per heavy atom. The summed E-state index contributed by atoms with van der Waals surface area (Å²) in [6.45, 7) is 2.72. The van der Waals surface area contributed by atoms with Gasteiger partial charge in [0.25, 0.3) is 0 Å². The minimum Gasteiger partial charge on any atom is -0.311 e. The molecule has 0 saturated heterocycles. The lowest BCUT2D eigenvalue weighted by Gasteiger charge is -2.27. The number of fused-ring (bicyclic) bond motifs is 1. The average molecular weight is 176 g/mol. The molecule has 0 aromatic carbocycles. The van der Waals surface area contributed by atoms with E-state index in [1.807, 2.05) is 19.1 Å². The first-order valence-electron chi connectivity index (χ1n) is 4.57. The molecular formula is C10H12N2O. The molecule has 0 aliphatic carbocycles. The monoisotopic (exact) mass is 176 g/mol. The Labute approximate surface area is 77.4 Å². The zero-order valence-electron chi connectivity index (χ0n) is 7.66. The quantitative estimate of drug-likeness (QED) is 0.647. The Hall–Kier alpha value is -1.38. The molecular weight excluding hydrogens is 164 g/mol. The van der Waals surface area contributed by atoms with Crippen molar-refractivity contribution in [3.8, 4) is 0 Å². The van der Waals surface area contributed by atoms with Crippen molar-refractivity contribution in [2.45, 2.75) is 19.8 Å². The molecule has 68 valence electrons. The minimum absolute atomic E-state index is 0.211. The van der Waals surface area contributed by atoms with Crippen molar-refractivity contribution in [3.63, 3.8) is 0 Å². The second kappa shape index (κ2) is 3.17. The van der Waals surface area contributed by atoms with Gasteiger partial charge in [0.15, 0.2) is 0 Å². The first kappa shape index (κ1) is 8.23. The Morgan fingerprint density at radius 1 is 1.54 bits per heavy atom. The van der Waals surface area contributed by atoms with E-state index in [2.05, 4.69) is 4.98 Å². The van der Waals surface area contributed by atoms with Crippen molar-refractivity contribution < 1.29 is 4.79 Å². The van der Waals surface area contributed by atoms with Gasteiger partial charge in [-0.15, -0.1) is 0 Å². The molecule has 1 aromatic rings. The second-order valence-corrected chi connectivity index (χ2v) is 3.11. The van der Waals surface area contributed by atoms with Crippen molar-refractivity contribution in [1.29, 1.82) is 0 Å². The van der Waals surface area contributed by atoms with Crippen LogP contribution in [-0.4, -0.2) is 17.4 Å².